The fourth-order valence-corrected chi connectivity index (χ4v) is 1.33. The van der Waals surface area contributed by atoms with Crippen molar-refractivity contribution in [3.63, 3.8) is 0 Å². The highest BCUT2D eigenvalue weighted by molar-refractivity contribution is 6.30. The number of hydrogen-bond acceptors (Lipinski definition) is 2. The zero-order valence-corrected chi connectivity index (χ0v) is 9.08. The first kappa shape index (κ1) is 11.5. The monoisotopic (exact) mass is 222 g/mol. The molecule has 78 valence electrons. The SMILES string of the molecule is CC(NC(=O)CC#N)c1ccc(Cl)cc1. The number of halogens is 1. The van der Waals surface area contributed by atoms with Crippen molar-refractivity contribution in [1.29, 1.82) is 5.26 Å². The van der Waals surface area contributed by atoms with E-state index in [-0.39, 0.29) is 18.4 Å². The van der Waals surface area contributed by atoms with Crippen LogP contribution in [-0.4, -0.2) is 5.91 Å². The second kappa shape index (κ2) is 5.38. The maximum atomic E-state index is 11.1. The maximum Gasteiger partial charge on any atom is 0.234 e. The Morgan fingerprint density at radius 3 is 2.67 bits per heavy atom. The fraction of sp³-hybridized carbons (Fsp3) is 0.273. The normalized spacial score (nSPS) is 11.5. The lowest BCUT2D eigenvalue weighted by atomic mass is 10.1. The lowest BCUT2D eigenvalue weighted by molar-refractivity contribution is -0.120. The van der Waals surface area contributed by atoms with Crippen molar-refractivity contribution in [1.82, 2.24) is 5.32 Å². The average Bonchev–Trinajstić information content (AvgIpc) is 2.18. The molecule has 1 amide bonds. The lowest BCUT2D eigenvalue weighted by Crippen LogP contribution is -2.25. The van der Waals surface area contributed by atoms with Gasteiger partial charge in [-0.2, -0.15) is 5.26 Å². The second-order valence-corrected chi connectivity index (χ2v) is 3.61. The number of rotatable bonds is 3. The van der Waals surface area contributed by atoms with Gasteiger partial charge >= 0.3 is 0 Å². The van der Waals surface area contributed by atoms with Crippen molar-refractivity contribution in [3.05, 3.63) is 34.9 Å². The second-order valence-electron chi connectivity index (χ2n) is 3.18. The van der Waals surface area contributed by atoms with Crippen LogP contribution in [0.25, 0.3) is 0 Å². The van der Waals surface area contributed by atoms with Gasteiger partial charge in [-0.3, -0.25) is 4.79 Å². The molecular formula is C11H11ClN2O. The molecule has 1 atom stereocenters. The van der Waals surface area contributed by atoms with E-state index in [1.165, 1.54) is 0 Å². The van der Waals surface area contributed by atoms with Crippen LogP contribution in [0.4, 0.5) is 0 Å². The summed E-state index contributed by atoms with van der Waals surface area (Å²) in [7, 11) is 0. The van der Waals surface area contributed by atoms with E-state index in [4.69, 9.17) is 16.9 Å². The molecule has 4 heteroatoms. The quantitative estimate of drug-likeness (QED) is 0.854. The molecule has 1 unspecified atom stereocenters. The standard InChI is InChI=1S/C11H11ClN2O/c1-8(14-11(15)6-7-13)9-2-4-10(12)5-3-9/h2-5,8H,6H2,1H3,(H,14,15). The Bertz CT molecular complexity index is 381. The molecular weight excluding hydrogens is 212 g/mol. The van der Waals surface area contributed by atoms with E-state index in [9.17, 15) is 4.79 Å². The summed E-state index contributed by atoms with van der Waals surface area (Å²) >= 11 is 5.74. The van der Waals surface area contributed by atoms with Crippen LogP contribution in [0.15, 0.2) is 24.3 Å². The first-order valence-electron chi connectivity index (χ1n) is 4.55. The van der Waals surface area contributed by atoms with Crippen molar-refractivity contribution in [3.8, 4) is 6.07 Å². The molecule has 0 saturated carbocycles. The third kappa shape index (κ3) is 3.61. The van der Waals surface area contributed by atoms with Crippen molar-refractivity contribution in [2.75, 3.05) is 0 Å². The van der Waals surface area contributed by atoms with Gasteiger partial charge in [0, 0.05) is 5.02 Å². The molecule has 3 nitrogen and oxygen atoms in total. The van der Waals surface area contributed by atoms with E-state index in [2.05, 4.69) is 5.32 Å². The molecule has 0 aliphatic heterocycles. The molecule has 0 saturated heterocycles. The Morgan fingerprint density at radius 1 is 1.53 bits per heavy atom. The third-order valence-corrected chi connectivity index (χ3v) is 2.24. The fourth-order valence-electron chi connectivity index (χ4n) is 1.20. The Kier molecular flexibility index (Phi) is 4.14. The molecule has 0 aromatic heterocycles. The van der Waals surface area contributed by atoms with Gasteiger partial charge in [-0.25, -0.2) is 0 Å². The topological polar surface area (TPSA) is 52.9 Å². The van der Waals surface area contributed by atoms with Gasteiger partial charge in [0.1, 0.15) is 6.42 Å². The Balaban J connectivity index is 2.61. The molecule has 1 rings (SSSR count). The van der Waals surface area contributed by atoms with Crippen molar-refractivity contribution in [2.45, 2.75) is 19.4 Å². The van der Waals surface area contributed by atoms with Gasteiger partial charge in [0.15, 0.2) is 0 Å². The van der Waals surface area contributed by atoms with E-state index in [0.717, 1.165) is 5.56 Å². The van der Waals surface area contributed by atoms with Gasteiger partial charge in [0.25, 0.3) is 0 Å². The zero-order chi connectivity index (χ0) is 11.3. The number of carbonyl (C=O) groups excluding carboxylic acids is 1. The first-order chi connectivity index (χ1) is 7.13. The van der Waals surface area contributed by atoms with Crippen molar-refractivity contribution in [2.24, 2.45) is 0 Å². The highest BCUT2D eigenvalue weighted by Crippen LogP contribution is 2.15. The number of amides is 1. The minimum Gasteiger partial charge on any atom is -0.349 e. The number of benzene rings is 1. The smallest absolute Gasteiger partial charge is 0.234 e. The van der Waals surface area contributed by atoms with E-state index in [1.807, 2.05) is 19.1 Å². The molecule has 0 spiro atoms. The van der Waals surface area contributed by atoms with E-state index in [0.29, 0.717) is 5.02 Å². The van der Waals surface area contributed by atoms with Crippen LogP contribution in [-0.2, 0) is 4.79 Å². The maximum absolute atomic E-state index is 11.1. The van der Waals surface area contributed by atoms with E-state index in [1.54, 1.807) is 18.2 Å². The summed E-state index contributed by atoms with van der Waals surface area (Å²) in [5.41, 5.74) is 0.964. The van der Waals surface area contributed by atoms with Crippen LogP contribution < -0.4 is 5.32 Å². The van der Waals surface area contributed by atoms with Crippen LogP contribution in [0.5, 0.6) is 0 Å². The summed E-state index contributed by atoms with van der Waals surface area (Å²) in [6.07, 6.45) is -0.113. The Morgan fingerprint density at radius 2 is 2.13 bits per heavy atom. The van der Waals surface area contributed by atoms with Crippen LogP contribution >= 0.6 is 11.6 Å². The number of hydrogen-bond donors (Lipinski definition) is 1. The van der Waals surface area contributed by atoms with Crippen LogP contribution in [0.1, 0.15) is 24.9 Å². The number of nitrogens with zero attached hydrogens (tertiary/aromatic N) is 1. The zero-order valence-electron chi connectivity index (χ0n) is 8.33. The Hall–Kier alpha value is -1.53. The molecule has 0 aliphatic rings. The van der Waals surface area contributed by atoms with Gasteiger partial charge < -0.3 is 5.32 Å². The van der Waals surface area contributed by atoms with Gasteiger partial charge in [-0.15, -0.1) is 0 Å². The molecule has 1 aromatic rings. The van der Waals surface area contributed by atoms with Crippen molar-refractivity contribution < 1.29 is 4.79 Å². The number of nitriles is 1. The lowest BCUT2D eigenvalue weighted by Gasteiger charge is -2.13. The van der Waals surface area contributed by atoms with Crippen molar-refractivity contribution >= 4 is 17.5 Å². The number of nitrogens with one attached hydrogen (secondary N) is 1. The van der Waals surface area contributed by atoms with E-state index < -0.39 is 0 Å². The molecule has 0 aliphatic carbocycles. The summed E-state index contributed by atoms with van der Waals surface area (Å²) in [6, 6.07) is 8.92. The predicted molar refractivity (Wildman–Crippen MR) is 58.2 cm³/mol. The largest absolute Gasteiger partial charge is 0.349 e. The van der Waals surface area contributed by atoms with E-state index >= 15 is 0 Å². The average molecular weight is 223 g/mol. The van der Waals surface area contributed by atoms with Crippen LogP contribution in [0.3, 0.4) is 0 Å². The summed E-state index contributed by atoms with van der Waals surface area (Å²) in [5.74, 6) is -0.264. The van der Waals surface area contributed by atoms with Gasteiger partial charge in [0.05, 0.1) is 12.1 Å². The Labute approximate surface area is 93.7 Å². The summed E-state index contributed by atoms with van der Waals surface area (Å²) in [6.45, 7) is 1.86. The highest BCUT2D eigenvalue weighted by Gasteiger charge is 2.08. The first-order valence-corrected chi connectivity index (χ1v) is 4.93. The summed E-state index contributed by atoms with van der Waals surface area (Å²) in [5, 5.41) is 11.7. The molecule has 0 heterocycles. The molecule has 0 radical (unpaired) electrons. The third-order valence-electron chi connectivity index (χ3n) is 1.99. The van der Waals surface area contributed by atoms with Crippen LogP contribution in [0.2, 0.25) is 5.02 Å². The van der Waals surface area contributed by atoms with Crippen LogP contribution in [0, 0.1) is 11.3 Å². The predicted octanol–water partition coefficient (Wildman–Crippen LogP) is 2.43. The van der Waals surface area contributed by atoms with Gasteiger partial charge in [-0.05, 0) is 24.6 Å². The highest BCUT2D eigenvalue weighted by atomic mass is 35.5. The summed E-state index contributed by atoms with van der Waals surface area (Å²) in [4.78, 5) is 11.1. The minimum absolute atomic E-state index is 0.108. The minimum atomic E-state index is -0.264. The molecule has 15 heavy (non-hydrogen) atoms. The molecule has 1 N–H and O–H groups in total. The number of carbonyl (C=O) groups is 1. The van der Waals surface area contributed by atoms with Gasteiger partial charge in [0.2, 0.25) is 5.91 Å². The summed E-state index contributed by atoms with van der Waals surface area (Å²) < 4.78 is 0. The molecule has 1 aromatic carbocycles. The van der Waals surface area contributed by atoms with Gasteiger partial charge in [-0.1, -0.05) is 23.7 Å². The molecule has 0 bridgehead atoms. The molecule has 0 fully saturated rings.